The molecule has 0 unspecified atom stereocenters. The Labute approximate surface area is 199 Å². The van der Waals surface area contributed by atoms with Gasteiger partial charge in [-0.3, -0.25) is 0 Å². The minimum absolute atomic E-state index is 0.0141. The van der Waals surface area contributed by atoms with Gasteiger partial charge in [0.25, 0.3) is 0 Å². The van der Waals surface area contributed by atoms with Crippen LogP contribution in [-0.2, 0) is 0 Å². The zero-order valence-corrected chi connectivity index (χ0v) is 22.3. The van der Waals surface area contributed by atoms with Gasteiger partial charge in [0.15, 0.2) is 0 Å². The minimum atomic E-state index is -0.153. The lowest BCUT2D eigenvalue weighted by Gasteiger charge is -2.64. The van der Waals surface area contributed by atoms with E-state index < -0.39 is 0 Å². The maximum absolute atomic E-state index is 10.8. The van der Waals surface area contributed by atoms with E-state index in [0.717, 1.165) is 30.6 Å². The number of allylic oxidation sites excluding steroid dienone is 3. The molecule has 1 N–H and O–H groups in total. The molecule has 4 aliphatic rings. The van der Waals surface area contributed by atoms with Crippen molar-refractivity contribution in [1.29, 1.82) is 0 Å². The number of aliphatic hydroxyl groups is 1. The van der Waals surface area contributed by atoms with Gasteiger partial charge in [-0.05, 0) is 90.8 Å². The summed E-state index contributed by atoms with van der Waals surface area (Å²) in [6, 6.07) is 0. The summed E-state index contributed by atoms with van der Waals surface area (Å²) in [5.41, 5.74) is 2.66. The Bertz CT molecular complexity index is 746. The standard InChI is InChI=1S/C31H52O/c1-9-31-20-16-23(22(4)12-10-11-21(2)3)30(31,8)19-15-24-25(31)13-14-26-28(5,6)27(32)17-18-29(24,26)7/h9,13,21-24,26-27,32H,1,10-12,14-20H2,2-8H3/t22-,23-,24+,26+,27+,29-,30-,31+/m1/s1. The van der Waals surface area contributed by atoms with E-state index in [-0.39, 0.29) is 16.9 Å². The van der Waals surface area contributed by atoms with Gasteiger partial charge in [-0.2, -0.15) is 0 Å². The fourth-order valence-electron chi connectivity index (χ4n) is 9.85. The summed E-state index contributed by atoms with van der Waals surface area (Å²) in [4.78, 5) is 0. The first-order valence-electron chi connectivity index (χ1n) is 14.0. The lowest BCUT2D eigenvalue weighted by atomic mass is 9.40. The van der Waals surface area contributed by atoms with Crippen molar-refractivity contribution in [2.24, 2.45) is 51.2 Å². The Balaban J connectivity index is 1.65. The molecule has 0 heterocycles. The summed E-state index contributed by atoms with van der Waals surface area (Å²) in [6.45, 7) is 21.7. The molecule has 3 fully saturated rings. The van der Waals surface area contributed by atoms with E-state index >= 15 is 0 Å². The molecule has 0 aromatic rings. The fraction of sp³-hybridized carbons (Fsp3) is 0.871. The molecule has 182 valence electrons. The summed E-state index contributed by atoms with van der Waals surface area (Å²) in [5, 5.41) is 10.8. The fourth-order valence-corrected chi connectivity index (χ4v) is 9.85. The van der Waals surface area contributed by atoms with Crippen LogP contribution in [0.3, 0.4) is 0 Å². The molecule has 4 rings (SSSR count). The van der Waals surface area contributed by atoms with E-state index in [4.69, 9.17) is 0 Å². The van der Waals surface area contributed by atoms with Crippen molar-refractivity contribution in [1.82, 2.24) is 0 Å². The van der Waals surface area contributed by atoms with Crippen LogP contribution in [0.25, 0.3) is 0 Å². The maximum atomic E-state index is 10.8. The Morgan fingerprint density at radius 3 is 2.41 bits per heavy atom. The zero-order valence-electron chi connectivity index (χ0n) is 22.3. The average molecular weight is 441 g/mol. The molecule has 0 radical (unpaired) electrons. The summed E-state index contributed by atoms with van der Waals surface area (Å²) in [5.74, 6) is 3.72. The second kappa shape index (κ2) is 8.28. The smallest absolute Gasteiger partial charge is 0.0594 e. The Morgan fingerprint density at radius 2 is 1.75 bits per heavy atom. The van der Waals surface area contributed by atoms with Crippen molar-refractivity contribution in [2.75, 3.05) is 0 Å². The number of aliphatic hydroxyl groups excluding tert-OH is 1. The van der Waals surface area contributed by atoms with Gasteiger partial charge in [-0.15, -0.1) is 6.58 Å². The molecule has 32 heavy (non-hydrogen) atoms. The van der Waals surface area contributed by atoms with E-state index in [1.165, 1.54) is 51.4 Å². The lowest BCUT2D eigenvalue weighted by Crippen LogP contribution is -2.58. The monoisotopic (exact) mass is 440 g/mol. The van der Waals surface area contributed by atoms with Crippen LogP contribution in [0.1, 0.15) is 113 Å². The largest absolute Gasteiger partial charge is 0.393 e. The van der Waals surface area contributed by atoms with Crippen molar-refractivity contribution >= 4 is 0 Å². The molecule has 0 aromatic heterocycles. The van der Waals surface area contributed by atoms with Gasteiger partial charge in [-0.1, -0.05) is 85.5 Å². The molecular formula is C31H52O. The van der Waals surface area contributed by atoms with Gasteiger partial charge in [0, 0.05) is 5.41 Å². The lowest BCUT2D eigenvalue weighted by molar-refractivity contribution is -0.129. The highest BCUT2D eigenvalue weighted by molar-refractivity contribution is 5.38. The second-order valence-corrected chi connectivity index (χ2v) is 14.0. The first kappa shape index (κ1) is 24.6. The molecule has 1 heteroatoms. The maximum Gasteiger partial charge on any atom is 0.0594 e. The van der Waals surface area contributed by atoms with Crippen LogP contribution in [0.5, 0.6) is 0 Å². The topological polar surface area (TPSA) is 20.2 Å². The van der Waals surface area contributed by atoms with Crippen molar-refractivity contribution in [3.63, 3.8) is 0 Å². The average Bonchev–Trinajstić information content (AvgIpc) is 3.04. The van der Waals surface area contributed by atoms with E-state index in [9.17, 15) is 5.11 Å². The highest BCUT2D eigenvalue weighted by atomic mass is 16.3. The first-order valence-corrected chi connectivity index (χ1v) is 14.0. The van der Waals surface area contributed by atoms with Gasteiger partial charge in [-0.25, -0.2) is 0 Å². The van der Waals surface area contributed by atoms with Crippen LogP contribution in [0.4, 0.5) is 0 Å². The van der Waals surface area contributed by atoms with Gasteiger partial charge in [0.05, 0.1) is 6.10 Å². The van der Waals surface area contributed by atoms with Crippen LogP contribution in [-0.4, -0.2) is 11.2 Å². The van der Waals surface area contributed by atoms with Gasteiger partial charge < -0.3 is 5.11 Å². The van der Waals surface area contributed by atoms with E-state index in [1.54, 1.807) is 5.57 Å². The summed E-state index contributed by atoms with van der Waals surface area (Å²) < 4.78 is 0. The number of hydrogen-bond acceptors (Lipinski definition) is 1. The van der Waals surface area contributed by atoms with Gasteiger partial charge >= 0.3 is 0 Å². The predicted molar refractivity (Wildman–Crippen MR) is 137 cm³/mol. The molecule has 0 aromatic carbocycles. The van der Waals surface area contributed by atoms with E-state index in [1.807, 2.05) is 0 Å². The third-order valence-electron chi connectivity index (χ3n) is 11.9. The molecule has 3 saturated carbocycles. The summed E-state index contributed by atoms with van der Waals surface area (Å²) in [7, 11) is 0. The van der Waals surface area contributed by atoms with E-state index in [2.05, 4.69) is 67.2 Å². The van der Waals surface area contributed by atoms with Crippen molar-refractivity contribution in [2.45, 2.75) is 119 Å². The molecule has 0 saturated heterocycles. The second-order valence-electron chi connectivity index (χ2n) is 14.0. The van der Waals surface area contributed by atoms with Crippen LogP contribution in [0, 0.1) is 51.2 Å². The van der Waals surface area contributed by atoms with Crippen molar-refractivity contribution in [3.05, 3.63) is 24.3 Å². The molecular weight excluding hydrogens is 388 g/mol. The predicted octanol–water partition coefficient (Wildman–Crippen LogP) is 8.58. The normalized spacial score (nSPS) is 46.1. The molecule has 0 spiro atoms. The van der Waals surface area contributed by atoms with Crippen molar-refractivity contribution in [3.8, 4) is 0 Å². The molecule has 1 nitrogen and oxygen atoms in total. The number of rotatable bonds is 6. The Hall–Kier alpha value is -0.560. The van der Waals surface area contributed by atoms with Gasteiger partial charge in [0.2, 0.25) is 0 Å². The van der Waals surface area contributed by atoms with Crippen LogP contribution in [0.15, 0.2) is 24.3 Å². The Kier molecular flexibility index (Phi) is 6.36. The van der Waals surface area contributed by atoms with Crippen LogP contribution in [0.2, 0.25) is 0 Å². The van der Waals surface area contributed by atoms with Gasteiger partial charge in [0.1, 0.15) is 0 Å². The summed E-state index contributed by atoms with van der Waals surface area (Å²) >= 11 is 0. The minimum Gasteiger partial charge on any atom is -0.393 e. The van der Waals surface area contributed by atoms with Crippen molar-refractivity contribution < 1.29 is 5.11 Å². The Morgan fingerprint density at radius 1 is 1.03 bits per heavy atom. The molecule has 0 aliphatic heterocycles. The highest BCUT2D eigenvalue weighted by Gasteiger charge is 2.65. The third-order valence-corrected chi connectivity index (χ3v) is 11.9. The molecule has 0 bridgehead atoms. The van der Waals surface area contributed by atoms with E-state index in [0.29, 0.717) is 22.7 Å². The van der Waals surface area contributed by atoms with Crippen LogP contribution < -0.4 is 0 Å². The zero-order chi connectivity index (χ0) is 23.5. The highest BCUT2D eigenvalue weighted by Crippen LogP contribution is 2.73. The number of hydrogen-bond donors (Lipinski definition) is 1. The third kappa shape index (κ3) is 3.34. The first-order chi connectivity index (χ1) is 14.9. The SMILES string of the molecule is C=C[C@@]12CC[C@H]([C@H](C)CCCC(C)C)[C@@]1(C)CC[C@H]1C2=CC[C@H]2C(C)(C)[C@@H](O)CC[C@]12C. The molecule has 4 aliphatic carbocycles. The molecule has 0 amide bonds. The quantitative estimate of drug-likeness (QED) is 0.410. The van der Waals surface area contributed by atoms with Crippen LogP contribution >= 0.6 is 0 Å². The summed E-state index contributed by atoms with van der Waals surface area (Å²) in [6.07, 6.45) is 17.7. The number of fused-ring (bicyclic) bond motifs is 5. The molecule has 8 atom stereocenters.